The van der Waals surface area contributed by atoms with Crippen LogP contribution in [-0.4, -0.2) is 82.3 Å². The molecule has 0 aromatic carbocycles. The number of allylic oxidation sites excluding steroid dienone is 8. The number of carboxylic acid groups (broad SMARTS) is 1. The molecule has 318 valence electrons. The highest BCUT2D eigenvalue weighted by Gasteiger charge is 2.21. The minimum atomic E-state index is -1.63. The molecule has 0 aliphatic carbocycles. The Labute approximate surface area is 336 Å². The highest BCUT2D eigenvalue weighted by molar-refractivity contribution is 5.70. The van der Waals surface area contributed by atoms with Gasteiger partial charge in [0, 0.05) is 12.8 Å². The van der Waals surface area contributed by atoms with Crippen molar-refractivity contribution in [1.82, 2.24) is 0 Å². The molecule has 0 saturated heterocycles. The van der Waals surface area contributed by atoms with Crippen molar-refractivity contribution in [3.63, 3.8) is 0 Å². The molecule has 2 atom stereocenters. The van der Waals surface area contributed by atoms with E-state index in [-0.39, 0.29) is 38.6 Å². The van der Waals surface area contributed by atoms with Crippen molar-refractivity contribution in [2.45, 2.75) is 180 Å². The van der Waals surface area contributed by atoms with Crippen LogP contribution in [0.1, 0.15) is 168 Å². The third kappa shape index (κ3) is 39.3. The summed E-state index contributed by atoms with van der Waals surface area (Å²) in [5.41, 5.74) is 0. The molecule has 0 saturated carbocycles. The van der Waals surface area contributed by atoms with Gasteiger partial charge in [-0.15, -0.1) is 0 Å². The third-order valence-corrected chi connectivity index (χ3v) is 9.06. The Bertz CT molecular complexity index is 1050. The molecule has 0 aromatic heterocycles. The molecule has 0 heterocycles. The lowest BCUT2D eigenvalue weighted by molar-refractivity contribution is -0.870. The Morgan fingerprint density at radius 2 is 1.04 bits per heavy atom. The van der Waals surface area contributed by atoms with Crippen LogP contribution in [0.2, 0.25) is 0 Å². The summed E-state index contributed by atoms with van der Waals surface area (Å²) in [5.74, 6) is -2.32. The summed E-state index contributed by atoms with van der Waals surface area (Å²) in [4.78, 5) is 36.9. The van der Waals surface area contributed by atoms with E-state index >= 15 is 0 Å². The number of ether oxygens (including phenoxy) is 4. The molecule has 9 nitrogen and oxygen atoms in total. The van der Waals surface area contributed by atoms with Crippen LogP contribution in [0, 0.1) is 0 Å². The number of esters is 2. The normalized spacial score (nSPS) is 13.4. The first-order chi connectivity index (χ1) is 26.6. The molecule has 0 spiro atoms. The molecule has 0 aliphatic heterocycles. The van der Waals surface area contributed by atoms with Gasteiger partial charge in [0.25, 0.3) is 0 Å². The Balaban J connectivity index is 4.51. The average molecular weight is 776 g/mol. The summed E-state index contributed by atoms with van der Waals surface area (Å²) in [6.07, 6.45) is 39.9. The van der Waals surface area contributed by atoms with Crippen molar-refractivity contribution < 1.29 is 42.9 Å². The van der Waals surface area contributed by atoms with Crippen LogP contribution < -0.4 is 5.11 Å². The minimum absolute atomic E-state index is 0.141. The molecule has 2 unspecified atom stereocenters. The SMILES string of the molecule is CC/C=C\C/C=C\C/C=C\CCCCCCCC(=O)OC(COC(=O)CCCCCCC/C=C\CCCCCCCC)COC(OCC[N+](C)(C)C)C(=O)[O-]. The largest absolute Gasteiger partial charge is 0.545 e. The highest BCUT2D eigenvalue weighted by Crippen LogP contribution is 2.13. The first kappa shape index (κ1) is 52.2. The van der Waals surface area contributed by atoms with Crippen LogP contribution in [0.4, 0.5) is 0 Å². The minimum Gasteiger partial charge on any atom is -0.545 e. The maximum Gasteiger partial charge on any atom is 0.306 e. The summed E-state index contributed by atoms with van der Waals surface area (Å²) in [5, 5.41) is 11.7. The lowest BCUT2D eigenvalue weighted by Crippen LogP contribution is -2.44. The highest BCUT2D eigenvalue weighted by atomic mass is 16.7. The maximum absolute atomic E-state index is 12.7. The second-order valence-electron chi connectivity index (χ2n) is 15.6. The average Bonchev–Trinajstić information content (AvgIpc) is 3.14. The van der Waals surface area contributed by atoms with Crippen molar-refractivity contribution in [1.29, 1.82) is 0 Å². The van der Waals surface area contributed by atoms with Gasteiger partial charge in [0.15, 0.2) is 12.4 Å². The number of carbonyl (C=O) groups is 3. The summed E-state index contributed by atoms with van der Waals surface area (Å²) in [6, 6.07) is 0. The lowest BCUT2D eigenvalue weighted by atomic mass is 10.1. The molecule has 9 heteroatoms. The molecule has 0 N–H and O–H groups in total. The Morgan fingerprint density at radius 3 is 1.56 bits per heavy atom. The molecule has 0 amide bonds. The number of quaternary nitrogens is 1. The van der Waals surface area contributed by atoms with Crippen molar-refractivity contribution in [3.05, 3.63) is 48.6 Å². The van der Waals surface area contributed by atoms with Gasteiger partial charge in [-0.25, -0.2) is 0 Å². The summed E-state index contributed by atoms with van der Waals surface area (Å²) in [6.45, 7) is 4.58. The van der Waals surface area contributed by atoms with Crippen LogP contribution in [0.5, 0.6) is 0 Å². The predicted octanol–water partition coefficient (Wildman–Crippen LogP) is 9.88. The number of rotatable bonds is 39. The number of aliphatic carboxylic acids is 1. The Morgan fingerprint density at radius 1 is 0.564 bits per heavy atom. The molecule has 0 radical (unpaired) electrons. The molecule has 0 aromatic rings. The smallest absolute Gasteiger partial charge is 0.306 e. The zero-order valence-electron chi connectivity index (χ0n) is 35.8. The zero-order valence-corrected chi connectivity index (χ0v) is 35.8. The van der Waals surface area contributed by atoms with Gasteiger partial charge in [-0.3, -0.25) is 9.59 Å². The number of carbonyl (C=O) groups excluding carboxylic acids is 3. The second kappa shape index (κ2) is 38.1. The van der Waals surface area contributed by atoms with E-state index in [0.717, 1.165) is 89.9 Å². The van der Waals surface area contributed by atoms with Crippen molar-refractivity contribution in [3.8, 4) is 0 Å². The van der Waals surface area contributed by atoms with Gasteiger partial charge in [0.2, 0.25) is 0 Å². The molecule has 0 bridgehead atoms. The topological polar surface area (TPSA) is 111 Å². The van der Waals surface area contributed by atoms with Gasteiger partial charge in [-0.1, -0.05) is 133 Å². The molecule has 0 aliphatic rings. The zero-order chi connectivity index (χ0) is 40.7. The van der Waals surface area contributed by atoms with Gasteiger partial charge >= 0.3 is 11.9 Å². The van der Waals surface area contributed by atoms with Crippen LogP contribution in [-0.2, 0) is 33.3 Å². The van der Waals surface area contributed by atoms with E-state index in [4.69, 9.17) is 18.9 Å². The van der Waals surface area contributed by atoms with Crippen LogP contribution in [0.3, 0.4) is 0 Å². The summed E-state index contributed by atoms with van der Waals surface area (Å²) in [7, 11) is 5.89. The van der Waals surface area contributed by atoms with Crippen molar-refractivity contribution >= 4 is 17.9 Å². The van der Waals surface area contributed by atoms with Gasteiger partial charge in [-0.05, 0) is 70.6 Å². The quantitative estimate of drug-likeness (QED) is 0.0200. The molecule has 0 rings (SSSR count). The number of nitrogens with zero attached hydrogens (tertiary/aromatic N) is 1. The number of hydrogen-bond acceptors (Lipinski definition) is 8. The first-order valence-electron chi connectivity index (χ1n) is 21.8. The van der Waals surface area contributed by atoms with Crippen LogP contribution in [0.25, 0.3) is 0 Å². The van der Waals surface area contributed by atoms with Crippen LogP contribution >= 0.6 is 0 Å². The third-order valence-electron chi connectivity index (χ3n) is 9.06. The van der Waals surface area contributed by atoms with E-state index in [1.54, 1.807) is 0 Å². The number of carboxylic acids is 1. The predicted molar refractivity (Wildman–Crippen MR) is 223 cm³/mol. The van der Waals surface area contributed by atoms with Gasteiger partial charge in [-0.2, -0.15) is 0 Å². The molecular weight excluding hydrogens is 695 g/mol. The van der Waals surface area contributed by atoms with Gasteiger partial charge < -0.3 is 33.3 Å². The van der Waals surface area contributed by atoms with E-state index in [9.17, 15) is 19.5 Å². The van der Waals surface area contributed by atoms with Crippen molar-refractivity contribution in [2.75, 3.05) is 47.5 Å². The van der Waals surface area contributed by atoms with Crippen molar-refractivity contribution in [2.24, 2.45) is 0 Å². The van der Waals surface area contributed by atoms with E-state index < -0.39 is 24.3 Å². The van der Waals surface area contributed by atoms with Gasteiger partial charge in [0.05, 0.1) is 40.3 Å². The van der Waals surface area contributed by atoms with E-state index in [2.05, 4.69) is 62.5 Å². The summed E-state index contributed by atoms with van der Waals surface area (Å²) >= 11 is 0. The fourth-order valence-corrected chi connectivity index (χ4v) is 5.66. The molecular formula is C46H81NO8. The Kier molecular flexibility index (Phi) is 36.2. The monoisotopic (exact) mass is 776 g/mol. The molecule has 55 heavy (non-hydrogen) atoms. The maximum atomic E-state index is 12.7. The fraction of sp³-hybridized carbons (Fsp3) is 0.761. The number of unbranched alkanes of at least 4 members (excludes halogenated alkanes) is 16. The van der Waals surface area contributed by atoms with Crippen LogP contribution in [0.15, 0.2) is 48.6 Å². The Hall–Kier alpha value is -2.75. The lowest BCUT2D eigenvalue weighted by Gasteiger charge is -2.26. The first-order valence-corrected chi connectivity index (χ1v) is 21.8. The second-order valence-corrected chi connectivity index (χ2v) is 15.6. The fourth-order valence-electron chi connectivity index (χ4n) is 5.66. The number of hydrogen-bond donors (Lipinski definition) is 0. The summed E-state index contributed by atoms with van der Waals surface area (Å²) < 4.78 is 22.5. The van der Waals surface area contributed by atoms with E-state index in [0.29, 0.717) is 17.4 Å². The van der Waals surface area contributed by atoms with Gasteiger partial charge in [0.1, 0.15) is 13.2 Å². The van der Waals surface area contributed by atoms with E-state index in [1.807, 2.05) is 21.1 Å². The van der Waals surface area contributed by atoms with E-state index in [1.165, 1.54) is 44.9 Å². The standard InChI is InChI=1S/C46H81NO8/c1-6-8-10-12-14-16-18-20-22-24-26-28-30-32-34-36-43(48)53-40-42(41-54-46(45(50)51)52-39-38-47(3,4)5)55-44(49)37-35-33-31-29-27-25-23-21-19-17-15-13-11-9-7-2/h9,11,15,17,20-23,42,46H,6-8,10,12-14,16,18-19,24-41H2,1-5H3/b11-9-,17-15-,22-20-,23-21-. The number of likely N-dealkylation sites (N-methyl/N-ethyl adjacent to an activating group) is 1. The molecule has 0 fully saturated rings.